The van der Waals surface area contributed by atoms with Crippen LogP contribution in [0.5, 0.6) is 5.75 Å². The third-order valence-corrected chi connectivity index (χ3v) is 5.43. The molecule has 0 unspecified atom stereocenters. The summed E-state index contributed by atoms with van der Waals surface area (Å²) in [4.78, 5) is 0.210. The van der Waals surface area contributed by atoms with Gasteiger partial charge in [0, 0.05) is 20.3 Å². The second-order valence-electron chi connectivity index (χ2n) is 6.00. The summed E-state index contributed by atoms with van der Waals surface area (Å²) >= 11 is 0. The average Bonchev–Trinajstić information content (AvgIpc) is 2.66. The minimum absolute atomic E-state index is 0.205. The van der Waals surface area contributed by atoms with Crippen LogP contribution in [0.2, 0.25) is 0 Å². The van der Waals surface area contributed by atoms with Crippen LogP contribution in [0.1, 0.15) is 23.6 Å². The van der Waals surface area contributed by atoms with Gasteiger partial charge in [-0.05, 0) is 48.7 Å². The maximum atomic E-state index is 12.7. The lowest BCUT2D eigenvalue weighted by molar-refractivity contribution is 0.133. The molecule has 7 heteroatoms. The molecule has 1 N–H and O–H groups in total. The van der Waals surface area contributed by atoms with Crippen LogP contribution in [-0.2, 0) is 32.6 Å². The summed E-state index contributed by atoms with van der Waals surface area (Å²) < 4.78 is 43.9. The quantitative estimate of drug-likeness (QED) is 0.594. The Morgan fingerprint density at radius 1 is 1.04 bits per heavy atom. The van der Waals surface area contributed by atoms with Crippen LogP contribution in [-0.4, -0.2) is 35.3 Å². The number of sulfonamides is 1. The number of ether oxygens (including phenoxy) is 3. The summed E-state index contributed by atoms with van der Waals surface area (Å²) in [7, 11) is -2.03. The Labute approximate surface area is 161 Å². The van der Waals surface area contributed by atoms with Gasteiger partial charge in [-0.15, -0.1) is 0 Å². The van der Waals surface area contributed by atoms with Crippen LogP contribution in [0.25, 0.3) is 0 Å². The van der Waals surface area contributed by atoms with Crippen molar-refractivity contribution in [3.05, 3.63) is 59.2 Å². The van der Waals surface area contributed by atoms with Gasteiger partial charge in [-0.2, -0.15) is 0 Å². The van der Waals surface area contributed by atoms with Crippen molar-refractivity contribution in [2.75, 3.05) is 26.9 Å². The van der Waals surface area contributed by atoms with Gasteiger partial charge in [0.1, 0.15) is 12.4 Å². The minimum atomic E-state index is -3.63. The first-order valence-electron chi connectivity index (χ1n) is 8.84. The summed E-state index contributed by atoms with van der Waals surface area (Å²) in [6.07, 6.45) is 0. The van der Waals surface area contributed by atoms with Gasteiger partial charge in [0.2, 0.25) is 10.0 Å². The molecular weight excluding hydrogens is 366 g/mol. The summed E-state index contributed by atoms with van der Waals surface area (Å²) in [5.74, 6) is 0.646. The molecule has 2 aromatic rings. The number of methoxy groups -OCH3 is 1. The molecule has 0 atom stereocenters. The predicted octanol–water partition coefficient (Wildman–Crippen LogP) is 3.04. The molecule has 0 spiro atoms. The third-order valence-electron chi connectivity index (χ3n) is 4.03. The highest BCUT2D eigenvalue weighted by atomic mass is 32.2. The van der Waals surface area contributed by atoms with E-state index in [9.17, 15) is 8.42 Å². The molecule has 0 aromatic heterocycles. The molecule has 0 bridgehead atoms. The zero-order valence-electron chi connectivity index (χ0n) is 16.0. The number of aryl methyl sites for hydroxylation is 1. The minimum Gasteiger partial charge on any atom is -0.491 e. The van der Waals surface area contributed by atoms with E-state index in [1.165, 1.54) is 0 Å². The van der Waals surface area contributed by atoms with Gasteiger partial charge >= 0.3 is 0 Å². The summed E-state index contributed by atoms with van der Waals surface area (Å²) in [6, 6.07) is 12.5. The zero-order valence-corrected chi connectivity index (χ0v) is 16.8. The lowest BCUT2D eigenvalue weighted by Gasteiger charge is -2.13. The normalized spacial score (nSPS) is 11.5. The highest BCUT2D eigenvalue weighted by Gasteiger charge is 2.16. The van der Waals surface area contributed by atoms with Gasteiger partial charge in [0.15, 0.2) is 0 Å². The molecule has 2 aromatic carbocycles. The molecule has 0 fully saturated rings. The number of nitrogens with one attached hydrogen (secondary N) is 1. The van der Waals surface area contributed by atoms with Crippen molar-refractivity contribution in [3.63, 3.8) is 0 Å². The number of rotatable bonds is 11. The summed E-state index contributed by atoms with van der Waals surface area (Å²) in [5.41, 5.74) is 2.62. The highest BCUT2D eigenvalue weighted by Crippen LogP contribution is 2.22. The Morgan fingerprint density at radius 3 is 2.44 bits per heavy atom. The van der Waals surface area contributed by atoms with E-state index in [0.717, 1.165) is 16.7 Å². The van der Waals surface area contributed by atoms with Crippen molar-refractivity contribution in [3.8, 4) is 5.75 Å². The van der Waals surface area contributed by atoms with Gasteiger partial charge in [0.25, 0.3) is 0 Å². The summed E-state index contributed by atoms with van der Waals surface area (Å²) in [5, 5.41) is 0. The number of hydrogen-bond acceptors (Lipinski definition) is 5. The van der Waals surface area contributed by atoms with Crippen LogP contribution in [0.3, 0.4) is 0 Å². The van der Waals surface area contributed by atoms with E-state index in [1.54, 1.807) is 25.3 Å². The predicted molar refractivity (Wildman–Crippen MR) is 104 cm³/mol. The smallest absolute Gasteiger partial charge is 0.240 e. The van der Waals surface area contributed by atoms with E-state index < -0.39 is 10.0 Å². The van der Waals surface area contributed by atoms with E-state index >= 15 is 0 Å². The average molecular weight is 394 g/mol. The number of benzene rings is 2. The van der Waals surface area contributed by atoms with Crippen molar-refractivity contribution in [2.24, 2.45) is 0 Å². The van der Waals surface area contributed by atoms with Crippen molar-refractivity contribution >= 4 is 10.0 Å². The fourth-order valence-corrected chi connectivity index (χ4v) is 3.62. The zero-order chi connectivity index (χ0) is 19.7. The van der Waals surface area contributed by atoms with Gasteiger partial charge in [0.05, 0.1) is 18.1 Å². The number of hydrogen-bond donors (Lipinski definition) is 1. The fourth-order valence-electron chi connectivity index (χ4n) is 2.52. The Hall–Kier alpha value is -1.93. The molecule has 0 aliphatic carbocycles. The topological polar surface area (TPSA) is 73.9 Å². The molecule has 0 saturated carbocycles. The second kappa shape index (κ2) is 10.4. The molecule has 6 nitrogen and oxygen atoms in total. The monoisotopic (exact) mass is 393 g/mol. The van der Waals surface area contributed by atoms with Crippen LogP contribution in [0.4, 0.5) is 0 Å². The SMILES string of the molecule is CCOCc1ccccc1CNS(=O)(=O)c1ccc(OCCOC)c(C)c1. The molecular formula is C20H27NO5S. The lowest BCUT2D eigenvalue weighted by Crippen LogP contribution is -2.24. The van der Waals surface area contributed by atoms with Crippen LogP contribution < -0.4 is 9.46 Å². The van der Waals surface area contributed by atoms with E-state index in [0.29, 0.717) is 32.2 Å². The first-order valence-corrected chi connectivity index (χ1v) is 10.3. The fraction of sp³-hybridized carbons (Fsp3) is 0.400. The second-order valence-corrected chi connectivity index (χ2v) is 7.77. The lowest BCUT2D eigenvalue weighted by atomic mass is 10.1. The molecule has 27 heavy (non-hydrogen) atoms. The summed E-state index contributed by atoms with van der Waals surface area (Å²) in [6.45, 7) is 5.91. The van der Waals surface area contributed by atoms with Gasteiger partial charge in [-0.3, -0.25) is 0 Å². The van der Waals surface area contributed by atoms with E-state index in [-0.39, 0.29) is 11.4 Å². The van der Waals surface area contributed by atoms with E-state index in [4.69, 9.17) is 14.2 Å². The first-order chi connectivity index (χ1) is 13.0. The highest BCUT2D eigenvalue weighted by molar-refractivity contribution is 7.89. The Bertz CT molecular complexity index is 836. The molecule has 0 amide bonds. The van der Waals surface area contributed by atoms with Crippen LogP contribution in [0.15, 0.2) is 47.4 Å². The van der Waals surface area contributed by atoms with Crippen LogP contribution >= 0.6 is 0 Å². The molecule has 0 aliphatic heterocycles. The van der Waals surface area contributed by atoms with Crippen LogP contribution in [0, 0.1) is 6.92 Å². The maximum Gasteiger partial charge on any atom is 0.240 e. The molecule has 0 heterocycles. The molecule has 0 saturated heterocycles. The van der Waals surface area contributed by atoms with E-state index in [2.05, 4.69) is 4.72 Å². The Kier molecular flexibility index (Phi) is 8.24. The van der Waals surface area contributed by atoms with Crippen molar-refractivity contribution in [1.82, 2.24) is 4.72 Å². The Balaban J connectivity index is 2.07. The third kappa shape index (κ3) is 6.32. The van der Waals surface area contributed by atoms with Crippen molar-refractivity contribution in [2.45, 2.75) is 31.9 Å². The van der Waals surface area contributed by atoms with Crippen molar-refractivity contribution in [1.29, 1.82) is 0 Å². The molecule has 0 aliphatic rings. The van der Waals surface area contributed by atoms with E-state index in [1.807, 2.05) is 38.1 Å². The molecule has 148 valence electrons. The Morgan fingerprint density at radius 2 is 1.78 bits per heavy atom. The molecule has 2 rings (SSSR count). The van der Waals surface area contributed by atoms with Crippen molar-refractivity contribution < 1.29 is 22.6 Å². The standard InChI is InChI=1S/C20H27NO5S/c1-4-25-15-18-8-6-5-7-17(18)14-21-27(22,23)19-9-10-20(16(2)13-19)26-12-11-24-3/h5-10,13,21H,4,11-12,14-15H2,1-3H3. The molecule has 0 radical (unpaired) electrons. The first kappa shape index (κ1) is 21.4. The van der Waals surface area contributed by atoms with Gasteiger partial charge in [-0.25, -0.2) is 13.1 Å². The largest absolute Gasteiger partial charge is 0.491 e. The maximum absolute atomic E-state index is 12.7. The van der Waals surface area contributed by atoms with Gasteiger partial charge in [-0.1, -0.05) is 24.3 Å². The van der Waals surface area contributed by atoms with Gasteiger partial charge < -0.3 is 14.2 Å².